The number of hydrogen-bond donors (Lipinski definition) is 7. The van der Waals surface area contributed by atoms with E-state index in [1.165, 1.54) is 0 Å². The molecule has 1 aliphatic rings. The molecule has 6 atom stereocenters. The molecule has 1 fully saturated rings. The average molecular weight is 521 g/mol. The molecule has 180 valence electrons. The molecule has 2 aromatic heterocycles. The zero-order chi connectivity index (χ0) is 24.1. The maximum Gasteiger partial charge on any atom is 0.490 e. The molecule has 3 rings (SSSR count). The molecule has 3 heterocycles. The van der Waals surface area contributed by atoms with E-state index in [4.69, 9.17) is 20.3 Å². The molecule has 21 heteroatoms. The molecular weight excluding hydrogens is 503 g/mol. The minimum absolute atomic E-state index is 0.00309. The monoisotopic (exact) mass is 521 g/mol. The van der Waals surface area contributed by atoms with Gasteiger partial charge in [0, 0.05) is 0 Å². The smallest absolute Gasteiger partial charge is 0.385 e. The van der Waals surface area contributed by atoms with E-state index in [1.807, 2.05) is 0 Å². The van der Waals surface area contributed by atoms with Crippen molar-refractivity contribution >= 4 is 40.4 Å². The molecule has 0 saturated carbocycles. The van der Waals surface area contributed by atoms with Crippen LogP contribution in [-0.2, 0) is 37.3 Å². The molecular formula is C11H18N5O13P3. The number of ether oxygens (including phenoxy) is 1. The first-order valence-electron chi connectivity index (χ1n) is 8.33. The molecule has 18 nitrogen and oxygen atoms in total. The summed E-state index contributed by atoms with van der Waals surface area (Å²) in [6, 6.07) is 0. The lowest BCUT2D eigenvalue weighted by atomic mass is 10.0. The number of aliphatic hydroxyl groups excluding tert-OH is 1. The van der Waals surface area contributed by atoms with Crippen LogP contribution in [0.25, 0.3) is 11.2 Å². The second-order valence-electron chi connectivity index (χ2n) is 6.55. The van der Waals surface area contributed by atoms with Gasteiger partial charge in [0.05, 0.1) is 19.0 Å². The van der Waals surface area contributed by atoms with Crippen molar-refractivity contribution in [3.05, 3.63) is 12.7 Å². The summed E-state index contributed by atoms with van der Waals surface area (Å²) in [5, 5.41) is 21.6. The van der Waals surface area contributed by atoms with Crippen molar-refractivity contribution in [2.24, 2.45) is 0 Å². The van der Waals surface area contributed by atoms with E-state index in [0.29, 0.717) is 0 Å². The van der Waals surface area contributed by atoms with Gasteiger partial charge in [-0.1, -0.05) is 0 Å². The summed E-state index contributed by atoms with van der Waals surface area (Å²) < 4.78 is 52.3. The van der Waals surface area contributed by atoms with Crippen molar-refractivity contribution in [1.29, 1.82) is 0 Å². The van der Waals surface area contributed by atoms with E-state index in [1.54, 1.807) is 0 Å². The first-order chi connectivity index (χ1) is 14.5. The zero-order valence-electron chi connectivity index (χ0n) is 15.8. The number of rotatable bonds is 8. The van der Waals surface area contributed by atoms with Gasteiger partial charge in [0.15, 0.2) is 17.2 Å². The number of aliphatic hydroxyl groups is 2. The molecule has 0 bridgehead atoms. The Morgan fingerprint density at radius 3 is 2.47 bits per heavy atom. The van der Waals surface area contributed by atoms with Crippen LogP contribution in [-0.4, -0.2) is 74.2 Å². The number of nitrogens with two attached hydrogens (primary N) is 1. The number of nitrogen functional groups attached to an aromatic ring is 1. The Hall–Kier alpha value is -1.36. The molecule has 8 N–H and O–H groups in total. The molecule has 0 aromatic carbocycles. The third-order valence-corrected chi connectivity index (χ3v) is 8.16. The topological polar surface area (TPSA) is 279 Å². The van der Waals surface area contributed by atoms with Gasteiger partial charge in [0.25, 0.3) is 0 Å². The Balaban J connectivity index is 1.77. The molecule has 32 heavy (non-hydrogen) atoms. The normalized spacial score (nSPS) is 29.0. The first-order valence-corrected chi connectivity index (χ1v) is 12.8. The van der Waals surface area contributed by atoms with Crippen molar-refractivity contribution in [3.8, 4) is 0 Å². The standard InChI is InChI=1S/C11H18N5O13P3/c1-5(27-31(22,23)29-32(24,25)28-30(19,20)21)7-8(17)11(18,2-26-7)16-4-15-6-9(12)13-3-14-10(6)16/h3-5,7-8,17-18H,2H2,1H3,(H,22,23)(H,24,25)(H2,12,13,14)(H2,19,20,21). The molecule has 0 radical (unpaired) electrons. The number of phosphoric ester groups is 1. The minimum atomic E-state index is -5.73. The summed E-state index contributed by atoms with van der Waals surface area (Å²) in [6.07, 6.45) is -2.69. The Kier molecular flexibility index (Phi) is 6.67. The Labute approximate surface area is 178 Å². The van der Waals surface area contributed by atoms with Crippen LogP contribution in [0.1, 0.15) is 6.92 Å². The molecule has 0 spiro atoms. The maximum atomic E-state index is 12.0. The van der Waals surface area contributed by atoms with Crippen molar-refractivity contribution in [1.82, 2.24) is 19.5 Å². The maximum absolute atomic E-state index is 12.0. The molecule has 1 saturated heterocycles. The van der Waals surface area contributed by atoms with Crippen LogP contribution in [0, 0.1) is 0 Å². The van der Waals surface area contributed by atoms with Gasteiger partial charge in [-0.2, -0.15) is 8.62 Å². The summed E-state index contributed by atoms with van der Waals surface area (Å²) in [6.45, 7) is 0.516. The fraction of sp³-hybridized carbons (Fsp3) is 0.545. The predicted octanol–water partition coefficient (Wildman–Crippen LogP) is -1.45. The van der Waals surface area contributed by atoms with Crippen molar-refractivity contribution in [3.63, 3.8) is 0 Å². The molecule has 0 amide bonds. The van der Waals surface area contributed by atoms with Crippen molar-refractivity contribution in [2.45, 2.75) is 31.0 Å². The highest BCUT2D eigenvalue weighted by molar-refractivity contribution is 7.66. The van der Waals surface area contributed by atoms with Crippen LogP contribution in [0.4, 0.5) is 5.82 Å². The van der Waals surface area contributed by atoms with E-state index >= 15 is 0 Å². The van der Waals surface area contributed by atoms with E-state index in [0.717, 1.165) is 24.1 Å². The summed E-state index contributed by atoms with van der Waals surface area (Å²) in [4.78, 5) is 47.6. The number of anilines is 1. The molecule has 1 aliphatic heterocycles. The minimum Gasteiger partial charge on any atom is -0.385 e. The Morgan fingerprint density at radius 2 is 1.84 bits per heavy atom. The summed E-state index contributed by atoms with van der Waals surface area (Å²) >= 11 is 0. The summed E-state index contributed by atoms with van der Waals surface area (Å²) in [5.41, 5.74) is 3.66. The number of phosphoric acid groups is 3. The third-order valence-electron chi connectivity index (χ3n) is 4.23. The van der Waals surface area contributed by atoms with Gasteiger partial charge in [-0.3, -0.25) is 9.09 Å². The quantitative estimate of drug-likeness (QED) is 0.195. The molecule has 0 aliphatic carbocycles. The van der Waals surface area contributed by atoms with E-state index in [2.05, 4.69) is 28.1 Å². The zero-order valence-corrected chi connectivity index (χ0v) is 18.5. The lowest BCUT2D eigenvalue weighted by Gasteiger charge is -2.30. The Morgan fingerprint density at radius 1 is 1.19 bits per heavy atom. The van der Waals surface area contributed by atoms with Crippen LogP contribution in [0.2, 0.25) is 0 Å². The molecule has 6 unspecified atom stereocenters. The van der Waals surface area contributed by atoms with Gasteiger partial charge >= 0.3 is 23.5 Å². The largest absolute Gasteiger partial charge is 0.490 e. The van der Waals surface area contributed by atoms with E-state index < -0.39 is 54.1 Å². The number of hydrogen-bond acceptors (Lipinski definition) is 13. The van der Waals surface area contributed by atoms with Crippen LogP contribution < -0.4 is 5.73 Å². The lowest BCUT2D eigenvalue weighted by molar-refractivity contribution is -0.114. The Bertz CT molecular complexity index is 1150. The lowest BCUT2D eigenvalue weighted by Crippen LogP contribution is -2.48. The number of imidazole rings is 1. The van der Waals surface area contributed by atoms with Crippen molar-refractivity contribution < 1.29 is 61.4 Å². The summed E-state index contributed by atoms with van der Waals surface area (Å²) in [5.74, 6) is 0.00309. The van der Waals surface area contributed by atoms with Gasteiger partial charge < -0.3 is 40.3 Å². The fourth-order valence-corrected chi connectivity index (χ4v) is 6.17. The van der Waals surface area contributed by atoms with Gasteiger partial charge in [0.2, 0.25) is 0 Å². The predicted molar refractivity (Wildman–Crippen MR) is 100 cm³/mol. The second-order valence-corrected chi connectivity index (χ2v) is 10.9. The van der Waals surface area contributed by atoms with Crippen LogP contribution in [0.5, 0.6) is 0 Å². The van der Waals surface area contributed by atoms with Gasteiger partial charge in [-0.05, 0) is 6.92 Å². The van der Waals surface area contributed by atoms with E-state index in [-0.39, 0.29) is 17.0 Å². The van der Waals surface area contributed by atoms with Gasteiger partial charge in [0.1, 0.15) is 24.1 Å². The van der Waals surface area contributed by atoms with Crippen LogP contribution >= 0.6 is 23.5 Å². The van der Waals surface area contributed by atoms with Crippen LogP contribution in [0.3, 0.4) is 0 Å². The average Bonchev–Trinajstić information content (AvgIpc) is 3.15. The van der Waals surface area contributed by atoms with Crippen LogP contribution in [0.15, 0.2) is 12.7 Å². The number of aromatic nitrogens is 4. The van der Waals surface area contributed by atoms with Crippen molar-refractivity contribution in [2.75, 3.05) is 12.3 Å². The SMILES string of the molecule is CC(OP(=O)(O)OP(=O)(O)OP(=O)(O)O)C1OCC(O)(n2cnc3c(N)ncnc32)C1O. The number of fused-ring (bicyclic) bond motifs is 1. The highest BCUT2D eigenvalue weighted by atomic mass is 31.3. The third kappa shape index (κ3) is 5.24. The second kappa shape index (κ2) is 8.45. The van der Waals surface area contributed by atoms with Gasteiger partial charge in [-0.25, -0.2) is 28.6 Å². The molecule has 2 aromatic rings. The highest BCUT2D eigenvalue weighted by Crippen LogP contribution is 2.66. The number of nitrogens with zero attached hydrogens (tertiary/aromatic N) is 4. The first kappa shape index (κ1) is 25.3. The fourth-order valence-electron chi connectivity index (χ4n) is 2.97. The highest BCUT2D eigenvalue weighted by Gasteiger charge is 2.54. The van der Waals surface area contributed by atoms with E-state index in [9.17, 15) is 33.7 Å². The van der Waals surface area contributed by atoms with Gasteiger partial charge in [-0.15, -0.1) is 0 Å². The summed E-state index contributed by atoms with van der Waals surface area (Å²) in [7, 11) is -16.8.